The number of rotatable bonds is 6. The second kappa shape index (κ2) is 6.22. The number of benzene rings is 1. The van der Waals surface area contributed by atoms with Gasteiger partial charge in [0.1, 0.15) is 5.75 Å². The summed E-state index contributed by atoms with van der Waals surface area (Å²) in [6.45, 7) is 7.32. The van der Waals surface area contributed by atoms with Crippen LogP contribution in [0.2, 0.25) is 0 Å². The third-order valence-electron chi connectivity index (χ3n) is 2.61. The monoisotopic (exact) mass is 261 g/mol. The Labute approximate surface area is 113 Å². The number of nitrogens with one attached hydrogen (secondary N) is 1. The molecule has 0 aliphatic carbocycles. The lowest BCUT2D eigenvalue weighted by Gasteiger charge is -2.06. The molecule has 1 aromatic carbocycles. The topological polar surface area (TPSA) is 60.2 Å². The zero-order valence-corrected chi connectivity index (χ0v) is 11.5. The van der Waals surface area contributed by atoms with Gasteiger partial charge in [-0.1, -0.05) is 31.1 Å². The van der Waals surface area contributed by atoms with E-state index in [1.165, 1.54) is 0 Å². The Morgan fingerprint density at radius 2 is 2.21 bits per heavy atom. The maximum absolute atomic E-state index is 5.45. The van der Waals surface area contributed by atoms with E-state index in [1.807, 2.05) is 45.0 Å². The van der Waals surface area contributed by atoms with E-state index < -0.39 is 0 Å². The van der Waals surface area contributed by atoms with Crippen LogP contribution in [0.4, 0.5) is 6.01 Å². The Morgan fingerprint density at radius 1 is 1.37 bits per heavy atom. The van der Waals surface area contributed by atoms with Crippen LogP contribution in [0.25, 0.3) is 0 Å². The molecular weight excluding hydrogens is 242 g/mol. The minimum Gasteiger partial charge on any atom is -0.494 e. The van der Waals surface area contributed by atoms with E-state index in [2.05, 4.69) is 15.5 Å². The van der Waals surface area contributed by atoms with Crippen molar-refractivity contribution in [3.8, 4) is 5.75 Å². The number of nitrogens with zero attached hydrogens (tertiary/aromatic N) is 2. The van der Waals surface area contributed by atoms with Gasteiger partial charge >= 0.3 is 6.01 Å². The van der Waals surface area contributed by atoms with Crippen molar-refractivity contribution in [1.82, 2.24) is 10.1 Å². The maximum atomic E-state index is 5.45. The molecule has 2 rings (SSSR count). The lowest BCUT2D eigenvalue weighted by molar-refractivity contribution is 0.340. The molecule has 0 saturated carbocycles. The van der Waals surface area contributed by atoms with Crippen molar-refractivity contribution in [1.29, 1.82) is 0 Å². The summed E-state index contributed by atoms with van der Waals surface area (Å²) < 4.78 is 10.6. The van der Waals surface area contributed by atoms with E-state index in [0.29, 0.717) is 25.0 Å². The molecule has 0 aliphatic rings. The first-order valence-corrected chi connectivity index (χ1v) is 6.48. The summed E-state index contributed by atoms with van der Waals surface area (Å²) in [5, 5.41) is 7.01. The van der Waals surface area contributed by atoms with Gasteiger partial charge < -0.3 is 14.6 Å². The quantitative estimate of drug-likeness (QED) is 0.865. The van der Waals surface area contributed by atoms with Crippen molar-refractivity contribution in [2.75, 3.05) is 11.9 Å². The third kappa shape index (κ3) is 3.71. The predicted molar refractivity (Wildman–Crippen MR) is 73.3 cm³/mol. The van der Waals surface area contributed by atoms with E-state index in [4.69, 9.17) is 9.26 Å². The van der Waals surface area contributed by atoms with Crippen LogP contribution in [0.3, 0.4) is 0 Å². The number of hydrogen-bond acceptors (Lipinski definition) is 5. The van der Waals surface area contributed by atoms with Gasteiger partial charge in [0.2, 0.25) is 0 Å². The Kier molecular flexibility index (Phi) is 4.39. The first-order chi connectivity index (χ1) is 9.19. The van der Waals surface area contributed by atoms with Crippen molar-refractivity contribution >= 4 is 6.01 Å². The normalized spacial score (nSPS) is 10.7. The molecule has 0 spiro atoms. The second-order valence-electron chi connectivity index (χ2n) is 4.55. The maximum Gasteiger partial charge on any atom is 0.321 e. The number of hydrogen-bond donors (Lipinski definition) is 1. The van der Waals surface area contributed by atoms with Crippen molar-refractivity contribution in [3.63, 3.8) is 0 Å². The first kappa shape index (κ1) is 13.4. The number of ether oxygens (including phenoxy) is 1. The Hall–Kier alpha value is -2.04. The van der Waals surface area contributed by atoms with E-state index in [0.717, 1.165) is 11.3 Å². The van der Waals surface area contributed by atoms with Gasteiger partial charge in [-0.3, -0.25) is 0 Å². The minimum absolute atomic E-state index is 0.264. The molecule has 5 heteroatoms. The average Bonchev–Trinajstić information content (AvgIpc) is 2.86. The molecule has 102 valence electrons. The van der Waals surface area contributed by atoms with Crippen molar-refractivity contribution in [2.24, 2.45) is 0 Å². The molecule has 1 aromatic heterocycles. The van der Waals surface area contributed by atoms with Crippen LogP contribution in [0, 0.1) is 0 Å². The standard InChI is InChI=1S/C14H19N3O2/c1-4-18-12-7-5-6-11(8-12)9-15-14-16-13(10(2)3)17-19-14/h5-8,10H,4,9H2,1-3H3,(H,15,16,17). The lowest BCUT2D eigenvalue weighted by atomic mass is 10.2. The van der Waals surface area contributed by atoms with E-state index >= 15 is 0 Å². The minimum atomic E-state index is 0.264. The van der Waals surface area contributed by atoms with E-state index in [9.17, 15) is 0 Å². The molecule has 1 N–H and O–H groups in total. The molecule has 0 saturated heterocycles. The molecule has 0 atom stereocenters. The predicted octanol–water partition coefficient (Wildman–Crippen LogP) is 3.20. The molecule has 5 nitrogen and oxygen atoms in total. The second-order valence-corrected chi connectivity index (χ2v) is 4.55. The summed E-state index contributed by atoms with van der Waals surface area (Å²) in [6.07, 6.45) is 0. The fourth-order valence-corrected chi connectivity index (χ4v) is 1.63. The van der Waals surface area contributed by atoms with Crippen LogP contribution in [0.1, 0.15) is 38.1 Å². The lowest BCUT2D eigenvalue weighted by Crippen LogP contribution is -2.01. The third-order valence-corrected chi connectivity index (χ3v) is 2.61. The highest BCUT2D eigenvalue weighted by Gasteiger charge is 2.08. The average molecular weight is 261 g/mol. The highest BCUT2D eigenvalue weighted by Crippen LogP contribution is 2.16. The van der Waals surface area contributed by atoms with Crippen molar-refractivity contribution in [3.05, 3.63) is 35.7 Å². The Morgan fingerprint density at radius 3 is 2.89 bits per heavy atom. The van der Waals surface area contributed by atoms with Crippen LogP contribution in [0.15, 0.2) is 28.8 Å². The van der Waals surface area contributed by atoms with E-state index in [-0.39, 0.29) is 5.92 Å². The number of anilines is 1. The van der Waals surface area contributed by atoms with Gasteiger partial charge in [0.15, 0.2) is 5.82 Å². The molecule has 0 aliphatic heterocycles. The largest absolute Gasteiger partial charge is 0.494 e. The molecule has 19 heavy (non-hydrogen) atoms. The van der Waals surface area contributed by atoms with E-state index in [1.54, 1.807) is 0 Å². The zero-order chi connectivity index (χ0) is 13.7. The SMILES string of the molecule is CCOc1cccc(CNc2nc(C(C)C)no2)c1. The highest BCUT2D eigenvalue weighted by molar-refractivity contribution is 5.31. The fraction of sp³-hybridized carbons (Fsp3) is 0.429. The Bertz CT molecular complexity index is 523. The van der Waals surface area contributed by atoms with Crippen molar-refractivity contribution < 1.29 is 9.26 Å². The van der Waals surface area contributed by atoms with Gasteiger partial charge in [-0.05, 0) is 24.6 Å². The van der Waals surface area contributed by atoms with Crippen LogP contribution in [0.5, 0.6) is 5.75 Å². The highest BCUT2D eigenvalue weighted by atomic mass is 16.5. The van der Waals surface area contributed by atoms with Crippen LogP contribution in [-0.4, -0.2) is 16.7 Å². The molecular formula is C14H19N3O2. The summed E-state index contributed by atoms with van der Waals surface area (Å²) in [4.78, 5) is 4.26. The molecule has 0 radical (unpaired) electrons. The van der Waals surface area contributed by atoms with Gasteiger partial charge in [0, 0.05) is 12.5 Å². The number of aromatic nitrogens is 2. The van der Waals surface area contributed by atoms with Gasteiger partial charge in [0.25, 0.3) is 0 Å². The van der Waals surface area contributed by atoms with Gasteiger partial charge in [0.05, 0.1) is 6.61 Å². The van der Waals surface area contributed by atoms with Crippen molar-refractivity contribution in [2.45, 2.75) is 33.2 Å². The first-order valence-electron chi connectivity index (χ1n) is 6.48. The summed E-state index contributed by atoms with van der Waals surface area (Å²) in [5.74, 6) is 1.85. The van der Waals surface area contributed by atoms with Crippen LogP contribution >= 0.6 is 0 Å². The smallest absolute Gasteiger partial charge is 0.321 e. The summed E-state index contributed by atoms with van der Waals surface area (Å²) in [7, 11) is 0. The van der Waals surface area contributed by atoms with Gasteiger partial charge in [-0.25, -0.2) is 0 Å². The molecule has 1 heterocycles. The summed E-state index contributed by atoms with van der Waals surface area (Å²) in [6, 6.07) is 8.38. The molecule has 2 aromatic rings. The fourth-order valence-electron chi connectivity index (χ4n) is 1.63. The summed E-state index contributed by atoms with van der Waals surface area (Å²) in [5.41, 5.74) is 1.11. The van der Waals surface area contributed by atoms with Gasteiger partial charge in [-0.15, -0.1) is 0 Å². The Balaban J connectivity index is 1.95. The zero-order valence-electron chi connectivity index (χ0n) is 11.5. The summed E-state index contributed by atoms with van der Waals surface area (Å²) >= 11 is 0. The van der Waals surface area contributed by atoms with Crippen LogP contribution in [-0.2, 0) is 6.54 Å². The molecule has 0 bridgehead atoms. The van der Waals surface area contributed by atoms with Gasteiger partial charge in [-0.2, -0.15) is 4.98 Å². The van der Waals surface area contributed by atoms with Crippen LogP contribution < -0.4 is 10.1 Å². The molecule has 0 fully saturated rings. The molecule has 0 amide bonds. The molecule has 0 unspecified atom stereocenters.